The highest BCUT2D eigenvalue weighted by molar-refractivity contribution is 5.97. The second kappa shape index (κ2) is 11.8. The number of carbonyl (C=O) groups is 2. The van der Waals surface area contributed by atoms with Crippen molar-refractivity contribution < 1.29 is 14.7 Å². The number of nitrogens with one attached hydrogen (secondary N) is 1. The number of hydrogen-bond acceptors (Lipinski definition) is 4. The van der Waals surface area contributed by atoms with Gasteiger partial charge in [0.2, 0.25) is 5.91 Å². The number of amides is 2. The lowest BCUT2D eigenvalue weighted by Gasteiger charge is -2.35. The predicted octanol–water partition coefficient (Wildman–Crippen LogP) is 3.87. The number of benzene rings is 2. The number of anilines is 1. The van der Waals surface area contributed by atoms with Crippen LogP contribution < -0.4 is 5.32 Å². The summed E-state index contributed by atoms with van der Waals surface area (Å²) in [5.41, 5.74) is 3.83. The molecule has 172 valence electrons. The third kappa shape index (κ3) is 5.96. The quantitative estimate of drug-likeness (QED) is 0.592. The molecule has 32 heavy (non-hydrogen) atoms. The van der Waals surface area contributed by atoms with E-state index in [0.717, 1.165) is 19.3 Å². The van der Waals surface area contributed by atoms with E-state index in [0.29, 0.717) is 37.3 Å². The Labute approximate surface area is 191 Å². The number of aryl methyl sites for hydroxylation is 1. The van der Waals surface area contributed by atoms with Crippen molar-refractivity contribution in [2.45, 2.75) is 45.6 Å². The Morgan fingerprint density at radius 3 is 2.62 bits per heavy atom. The van der Waals surface area contributed by atoms with Crippen LogP contribution in [0.1, 0.15) is 60.6 Å². The summed E-state index contributed by atoms with van der Waals surface area (Å²) in [6, 6.07) is 15.8. The van der Waals surface area contributed by atoms with Gasteiger partial charge in [-0.1, -0.05) is 30.3 Å². The molecule has 0 spiro atoms. The van der Waals surface area contributed by atoms with Gasteiger partial charge in [-0.05, 0) is 68.9 Å². The first kappa shape index (κ1) is 24.0. The fourth-order valence-electron chi connectivity index (χ4n) is 4.53. The molecule has 2 aromatic carbocycles. The Morgan fingerprint density at radius 2 is 1.88 bits per heavy atom. The van der Waals surface area contributed by atoms with Gasteiger partial charge in [-0.15, -0.1) is 0 Å². The van der Waals surface area contributed by atoms with E-state index < -0.39 is 0 Å². The molecule has 2 amide bonds. The number of rotatable bonds is 10. The molecule has 1 unspecified atom stereocenters. The van der Waals surface area contributed by atoms with Crippen molar-refractivity contribution in [2.24, 2.45) is 0 Å². The van der Waals surface area contributed by atoms with E-state index in [1.165, 1.54) is 11.1 Å². The van der Waals surface area contributed by atoms with Crippen LogP contribution in [0, 0.1) is 0 Å². The maximum atomic E-state index is 13.0. The largest absolute Gasteiger partial charge is 0.396 e. The first-order valence-electron chi connectivity index (χ1n) is 11.7. The lowest BCUT2D eigenvalue weighted by molar-refractivity contribution is -0.118. The molecule has 0 saturated carbocycles. The van der Waals surface area contributed by atoms with Gasteiger partial charge >= 0.3 is 0 Å². The molecule has 6 nitrogen and oxygen atoms in total. The molecule has 0 heterocycles. The maximum absolute atomic E-state index is 13.0. The minimum atomic E-state index is -0.113. The van der Waals surface area contributed by atoms with E-state index in [1.54, 1.807) is 23.1 Å². The van der Waals surface area contributed by atoms with E-state index in [9.17, 15) is 14.7 Å². The molecule has 3 rings (SSSR count). The van der Waals surface area contributed by atoms with Gasteiger partial charge in [0.1, 0.15) is 0 Å². The molecule has 1 aliphatic carbocycles. The predicted molar refractivity (Wildman–Crippen MR) is 128 cm³/mol. The second-order valence-electron chi connectivity index (χ2n) is 8.26. The van der Waals surface area contributed by atoms with E-state index in [2.05, 4.69) is 34.5 Å². The average molecular weight is 438 g/mol. The minimum Gasteiger partial charge on any atom is -0.396 e. The molecular weight excluding hydrogens is 402 g/mol. The molecule has 2 aromatic rings. The molecule has 1 aliphatic rings. The van der Waals surface area contributed by atoms with Crippen LogP contribution in [0.25, 0.3) is 0 Å². The van der Waals surface area contributed by atoms with Gasteiger partial charge in [-0.2, -0.15) is 0 Å². The average Bonchev–Trinajstić information content (AvgIpc) is 2.82. The zero-order valence-electron chi connectivity index (χ0n) is 19.2. The highest BCUT2D eigenvalue weighted by atomic mass is 16.3. The van der Waals surface area contributed by atoms with E-state index in [1.807, 2.05) is 19.9 Å². The molecule has 0 aliphatic heterocycles. The van der Waals surface area contributed by atoms with Gasteiger partial charge < -0.3 is 15.3 Å². The van der Waals surface area contributed by atoms with Crippen molar-refractivity contribution in [1.82, 2.24) is 9.80 Å². The normalized spacial score (nSPS) is 15.3. The third-order valence-electron chi connectivity index (χ3n) is 6.17. The summed E-state index contributed by atoms with van der Waals surface area (Å²) in [5, 5.41) is 12.4. The number of fused-ring (bicyclic) bond motifs is 1. The maximum Gasteiger partial charge on any atom is 0.253 e. The molecule has 6 heteroatoms. The third-order valence-corrected chi connectivity index (χ3v) is 6.17. The smallest absolute Gasteiger partial charge is 0.253 e. The number of aliphatic hydroxyl groups excluding tert-OH is 1. The number of nitrogens with zero attached hydrogens (tertiary/aromatic N) is 2. The Hall–Kier alpha value is -2.70. The van der Waals surface area contributed by atoms with E-state index >= 15 is 0 Å². The fourth-order valence-corrected chi connectivity index (χ4v) is 4.53. The summed E-state index contributed by atoms with van der Waals surface area (Å²) in [6.07, 6.45) is 3.79. The molecule has 1 atom stereocenters. The summed E-state index contributed by atoms with van der Waals surface area (Å²) in [4.78, 5) is 29.5. The first-order valence-corrected chi connectivity index (χ1v) is 11.7. The topological polar surface area (TPSA) is 72.9 Å². The van der Waals surface area contributed by atoms with Crippen LogP contribution in [0.15, 0.2) is 48.5 Å². The van der Waals surface area contributed by atoms with Crippen LogP contribution in [0.5, 0.6) is 0 Å². The summed E-state index contributed by atoms with van der Waals surface area (Å²) < 4.78 is 0. The second-order valence-corrected chi connectivity index (χ2v) is 8.26. The monoisotopic (exact) mass is 437 g/mol. The number of carbonyl (C=O) groups excluding carboxylic acids is 2. The summed E-state index contributed by atoms with van der Waals surface area (Å²) in [6.45, 7) is 6.20. The highest BCUT2D eigenvalue weighted by Crippen LogP contribution is 2.34. The zero-order chi connectivity index (χ0) is 22.9. The zero-order valence-corrected chi connectivity index (χ0v) is 19.2. The summed E-state index contributed by atoms with van der Waals surface area (Å²) in [7, 11) is 0. The van der Waals surface area contributed by atoms with Crippen LogP contribution in [0.3, 0.4) is 0 Å². The standard InChI is InChI=1S/C26H35N3O3/c1-3-28(4-2)26(32)21-12-7-13-22(18-21)27-25(31)19-29(16-9-17-30)24-15-8-11-20-10-5-6-14-23(20)24/h5-7,10,12-14,18,24,30H,3-4,8-9,11,15-17,19H2,1-2H3,(H,27,31). The van der Waals surface area contributed by atoms with E-state index in [-0.39, 0.29) is 31.0 Å². The van der Waals surface area contributed by atoms with Crippen molar-refractivity contribution in [2.75, 3.05) is 38.1 Å². The molecule has 0 bridgehead atoms. The van der Waals surface area contributed by atoms with Crippen molar-refractivity contribution in [3.63, 3.8) is 0 Å². The van der Waals surface area contributed by atoms with Crippen molar-refractivity contribution in [1.29, 1.82) is 0 Å². The Balaban J connectivity index is 1.72. The lowest BCUT2D eigenvalue weighted by atomic mass is 9.86. The van der Waals surface area contributed by atoms with Gasteiger partial charge in [-0.25, -0.2) is 0 Å². The molecule has 0 radical (unpaired) electrons. The molecule has 0 saturated heterocycles. The fraction of sp³-hybridized carbons (Fsp3) is 0.462. The van der Waals surface area contributed by atoms with Gasteiger partial charge in [0, 0.05) is 43.5 Å². The van der Waals surface area contributed by atoms with Gasteiger partial charge in [-0.3, -0.25) is 14.5 Å². The number of hydrogen-bond donors (Lipinski definition) is 2. The van der Waals surface area contributed by atoms with Gasteiger partial charge in [0.05, 0.1) is 6.54 Å². The molecular formula is C26H35N3O3. The highest BCUT2D eigenvalue weighted by Gasteiger charge is 2.27. The summed E-state index contributed by atoms with van der Waals surface area (Å²) >= 11 is 0. The van der Waals surface area contributed by atoms with Gasteiger partial charge in [0.25, 0.3) is 5.91 Å². The molecule has 0 fully saturated rings. The Morgan fingerprint density at radius 1 is 1.09 bits per heavy atom. The van der Waals surface area contributed by atoms with Gasteiger partial charge in [0.15, 0.2) is 0 Å². The van der Waals surface area contributed by atoms with Crippen molar-refractivity contribution >= 4 is 17.5 Å². The van der Waals surface area contributed by atoms with E-state index in [4.69, 9.17) is 0 Å². The van der Waals surface area contributed by atoms with Crippen LogP contribution in [-0.4, -0.2) is 59.5 Å². The SMILES string of the molecule is CCN(CC)C(=O)c1cccc(NC(=O)CN(CCCO)C2CCCc3ccccc32)c1. The molecule has 0 aromatic heterocycles. The van der Waals surface area contributed by atoms with Crippen LogP contribution >= 0.6 is 0 Å². The Kier molecular flexibility index (Phi) is 8.82. The first-order chi connectivity index (χ1) is 15.6. The Bertz CT molecular complexity index is 911. The van der Waals surface area contributed by atoms with Crippen LogP contribution in [0.4, 0.5) is 5.69 Å². The lowest BCUT2D eigenvalue weighted by Crippen LogP contribution is -2.38. The molecule has 2 N–H and O–H groups in total. The van der Waals surface area contributed by atoms with Crippen LogP contribution in [-0.2, 0) is 11.2 Å². The van der Waals surface area contributed by atoms with Crippen molar-refractivity contribution in [3.8, 4) is 0 Å². The van der Waals surface area contributed by atoms with Crippen LogP contribution in [0.2, 0.25) is 0 Å². The summed E-state index contributed by atoms with van der Waals surface area (Å²) in [5.74, 6) is -0.145. The number of aliphatic hydroxyl groups is 1. The minimum absolute atomic E-state index is 0.0329. The van der Waals surface area contributed by atoms with Crippen molar-refractivity contribution in [3.05, 3.63) is 65.2 Å².